The van der Waals surface area contributed by atoms with Crippen LogP contribution in [0.5, 0.6) is 0 Å². The molecule has 2 atom stereocenters. The van der Waals surface area contributed by atoms with Crippen molar-refractivity contribution in [1.82, 2.24) is 5.32 Å². The lowest BCUT2D eigenvalue weighted by Crippen LogP contribution is -2.40. The standard InChI is InChI=1S/C9H15NO3/c1-5(2)8(11)10-7(4)6(3)9(12)13/h6-7H,1H2,2-4H3,(H,10,11)(H,12,13). The second-order valence-corrected chi connectivity index (χ2v) is 3.17. The van der Waals surface area contributed by atoms with Crippen LogP contribution < -0.4 is 5.32 Å². The van der Waals surface area contributed by atoms with Crippen LogP contribution in [0.1, 0.15) is 20.8 Å². The van der Waals surface area contributed by atoms with Crippen molar-refractivity contribution in [2.75, 3.05) is 0 Å². The van der Waals surface area contributed by atoms with Crippen LogP contribution in [0.2, 0.25) is 0 Å². The van der Waals surface area contributed by atoms with Gasteiger partial charge < -0.3 is 10.4 Å². The molecule has 0 radical (unpaired) electrons. The minimum absolute atomic E-state index is 0.305. The molecule has 0 bridgehead atoms. The molecule has 0 aromatic carbocycles. The predicted octanol–water partition coefficient (Wildman–Crippen LogP) is 0.788. The number of carboxylic acid groups (broad SMARTS) is 1. The number of carbonyl (C=O) groups excluding carboxylic acids is 1. The number of hydrogen-bond acceptors (Lipinski definition) is 2. The highest BCUT2D eigenvalue weighted by Crippen LogP contribution is 2.02. The number of hydrogen-bond donors (Lipinski definition) is 2. The summed E-state index contributed by atoms with van der Waals surface area (Å²) in [5.41, 5.74) is 0.379. The fourth-order valence-electron chi connectivity index (χ4n) is 0.669. The normalized spacial score (nSPS) is 14.4. The van der Waals surface area contributed by atoms with E-state index < -0.39 is 11.9 Å². The van der Waals surface area contributed by atoms with Crippen molar-refractivity contribution in [3.63, 3.8) is 0 Å². The summed E-state index contributed by atoms with van der Waals surface area (Å²) in [5.74, 6) is -1.82. The van der Waals surface area contributed by atoms with E-state index >= 15 is 0 Å². The van der Waals surface area contributed by atoms with Gasteiger partial charge in [-0.25, -0.2) is 0 Å². The van der Waals surface area contributed by atoms with Gasteiger partial charge in [0.05, 0.1) is 5.92 Å². The van der Waals surface area contributed by atoms with Crippen LogP contribution in [0.25, 0.3) is 0 Å². The minimum atomic E-state index is -0.922. The van der Waals surface area contributed by atoms with E-state index in [1.54, 1.807) is 20.8 Å². The van der Waals surface area contributed by atoms with Gasteiger partial charge in [-0.15, -0.1) is 0 Å². The maximum absolute atomic E-state index is 11.1. The van der Waals surface area contributed by atoms with Gasteiger partial charge in [0.25, 0.3) is 0 Å². The van der Waals surface area contributed by atoms with E-state index in [9.17, 15) is 9.59 Å². The zero-order valence-electron chi connectivity index (χ0n) is 8.13. The Hall–Kier alpha value is -1.32. The maximum atomic E-state index is 11.1. The molecule has 4 nitrogen and oxygen atoms in total. The number of carboxylic acids is 1. The maximum Gasteiger partial charge on any atom is 0.308 e. The van der Waals surface area contributed by atoms with Crippen molar-refractivity contribution < 1.29 is 14.7 Å². The molecule has 13 heavy (non-hydrogen) atoms. The topological polar surface area (TPSA) is 66.4 Å². The number of aliphatic carboxylic acids is 1. The molecule has 0 aromatic rings. The predicted molar refractivity (Wildman–Crippen MR) is 49.2 cm³/mol. The molecule has 2 unspecified atom stereocenters. The smallest absolute Gasteiger partial charge is 0.308 e. The summed E-state index contributed by atoms with van der Waals surface area (Å²) >= 11 is 0. The quantitative estimate of drug-likeness (QED) is 0.636. The third-order valence-electron chi connectivity index (χ3n) is 1.89. The Bertz CT molecular complexity index is 235. The van der Waals surface area contributed by atoms with Crippen molar-refractivity contribution in [2.24, 2.45) is 5.92 Å². The van der Waals surface area contributed by atoms with Crippen molar-refractivity contribution in [3.05, 3.63) is 12.2 Å². The SMILES string of the molecule is C=C(C)C(=O)NC(C)C(C)C(=O)O. The first-order valence-electron chi connectivity index (χ1n) is 4.05. The van der Waals surface area contributed by atoms with Gasteiger partial charge in [0.15, 0.2) is 0 Å². The van der Waals surface area contributed by atoms with Crippen LogP contribution in [0, 0.1) is 5.92 Å². The van der Waals surface area contributed by atoms with Gasteiger partial charge in [-0.3, -0.25) is 9.59 Å². The molecular formula is C9H15NO3. The fourth-order valence-corrected chi connectivity index (χ4v) is 0.669. The van der Waals surface area contributed by atoms with Crippen molar-refractivity contribution >= 4 is 11.9 Å². The summed E-state index contributed by atoms with van der Waals surface area (Å²) in [6.45, 7) is 8.23. The lowest BCUT2D eigenvalue weighted by Gasteiger charge is -2.17. The largest absolute Gasteiger partial charge is 0.481 e. The van der Waals surface area contributed by atoms with E-state index in [1.165, 1.54) is 0 Å². The molecule has 0 saturated heterocycles. The highest BCUT2D eigenvalue weighted by atomic mass is 16.4. The van der Waals surface area contributed by atoms with Gasteiger partial charge >= 0.3 is 5.97 Å². The van der Waals surface area contributed by atoms with Gasteiger partial charge in [0.2, 0.25) is 5.91 Å². The molecule has 0 aromatic heterocycles. The first kappa shape index (κ1) is 11.7. The Balaban J connectivity index is 4.15. The molecule has 2 N–H and O–H groups in total. The van der Waals surface area contributed by atoms with E-state index in [0.717, 1.165) is 0 Å². The average molecular weight is 185 g/mol. The van der Waals surface area contributed by atoms with E-state index in [1.807, 2.05) is 0 Å². The zero-order chi connectivity index (χ0) is 10.6. The highest BCUT2D eigenvalue weighted by molar-refractivity contribution is 5.92. The van der Waals surface area contributed by atoms with Gasteiger partial charge in [0, 0.05) is 11.6 Å². The van der Waals surface area contributed by atoms with E-state index in [4.69, 9.17) is 5.11 Å². The molecule has 0 spiro atoms. The van der Waals surface area contributed by atoms with Gasteiger partial charge in [-0.1, -0.05) is 6.58 Å². The van der Waals surface area contributed by atoms with Crippen LogP contribution >= 0.6 is 0 Å². The van der Waals surface area contributed by atoms with Crippen LogP contribution in [0.4, 0.5) is 0 Å². The fraction of sp³-hybridized carbons (Fsp3) is 0.556. The number of nitrogens with one attached hydrogen (secondary N) is 1. The van der Waals surface area contributed by atoms with Crippen molar-refractivity contribution in [3.8, 4) is 0 Å². The molecule has 0 rings (SSSR count). The monoisotopic (exact) mass is 185 g/mol. The number of carbonyl (C=O) groups is 2. The molecule has 0 aliphatic heterocycles. The molecule has 0 aliphatic rings. The molecule has 74 valence electrons. The van der Waals surface area contributed by atoms with Crippen LogP contribution in [-0.2, 0) is 9.59 Å². The Morgan fingerprint density at radius 3 is 2.15 bits per heavy atom. The molecule has 0 fully saturated rings. The van der Waals surface area contributed by atoms with Crippen molar-refractivity contribution in [2.45, 2.75) is 26.8 Å². The van der Waals surface area contributed by atoms with Crippen LogP contribution in [0.15, 0.2) is 12.2 Å². The highest BCUT2D eigenvalue weighted by Gasteiger charge is 2.20. The van der Waals surface area contributed by atoms with Crippen LogP contribution in [-0.4, -0.2) is 23.0 Å². The molecule has 0 aliphatic carbocycles. The Labute approximate surface area is 77.6 Å². The first-order valence-corrected chi connectivity index (χ1v) is 4.05. The van der Waals surface area contributed by atoms with E-state index in [-0.39, 0.29) is 11.9 Å². The molecule has 4 heteroatoms. The summed E-state index contributed by atoms with van der Waals surface area (Å²) in [6.07, 6.45) is 0. The van der Waals surface area contributed by atoms with E-state index in [2.05, 4.69) is 11.9 Å². The zero-order valence-corrected chi connectivity index (χ0v) is 8.13. The molecule has 0 heterocycles. The molecule has 0 saturated carbocycles. The summed E-state index contributed by atoms with van der Waals surface area (Å²) < 4.78 is 0. The minimum Gasteiger partial charge on any atom is -0.481 e. The number of amides is 1. The summed E-state index contributed by atoms with van der Waals surface area (Å²) in [5, 5.41) is 11.2. The number of rotatable bonds is 4. The van der Waals surface area contributed by atoms with Gasteiger partial charge in [0.1, 0.15) is 0 Å². The molecule has 1 amide bonds. The third kappa shape index (κ3) is 3.73. The Morgan fingerprint density at radius 2 is 1.85 bits per heavy atom. The van der Waals surface area contributed by atoms with E-state index in [0.29, 0.717) is 5.57 Å². The molecular weight excluding hydrogens is 170 g/mol. The lowest BCUT2D eigenvalue weighted by atomic mass is 10.0. The van der Waals surface area contributed by atoms with Crippen LogP contribution in [0.3, 0.4) is 0 Å². The summed E-state index contributed by atoms with van der Waals surface area (Å²) in [6, 6.07) is -0.387. The Kier molecular flexibility index (Phi) is 4.17. The van der Waals surface area contributed by atoms with Crippen molar-refractivity contribution in [1.29, 1.82) is 0 Å². The second kappa shape index (κ2) is 4.64. The summed E-state index contributed by atoms with van der Waals surface area (Å²) in [7, 11) is 0. The van der Waals surface area contributed by atoms with Gasteiger partial charge in [-0.05, 0) is 20.8 Å². The lowest BCUT2D eigenvalue weighted by molar-refractivity contribution is -0.142. The first-order chi connectivity index (χ1) is 5.86. The van der Waals surface area contributed by atoms with Gasteiger partial charge in [-0.2, -0.15) is 0 Å². The average Bonchev–Trinajstić information content (AvgIpc) is 2.02. The second-order valence-electron chi connectivity index (χ2n) is 3.17. The summed E-state index contributed by atoms with van der Waals surface area (Å²) in [4.78, 5) is 21.6. The Morgan fingerprint density at radius 1 is 1.38 bits per heavy atom. The third-order valence-corrected chi connectivity index (χ3v) is 1.89.